The standard InChI is InChI=1S/C23H17NO3/c25-23(26-16-18-7-2-1-3-8-18)24-14-6-9-17-12-13-22-20(15-17)19-10-4-5-11-21(19)27-22/h1-5,7-8,10-13,15H,14,16H2,(H,24,25). The number of carbonyl (C=O) groups excluding carboxylic acids is 1. The zero-order chi connectivity index (χ0) is 18.5. The highest BCUT2D eigenvalue weighted by Crippen LogP contribution is 2.28. The Labute approximate surface area is 156 Å². The van der Waals surface area contributed by atoms with Crippen LogP contribution in [0.2, 0.25) is 0 Å². The fraction of sp³-hybridized carbons (Fsp3) is 0.0870. The van der Waals surface area contributed by atoms with Crippen LogP contribution in [0.1, 0.15) is 11.1 Å². The van der Waals surface area contributed by atoms with Gasteiger partial charge in [-0.2, -0.15) is 0 Å². The van der Waals surface area contributed by atoms with E-state index in [0.717, 1.165) is 33.1 Å². The predicted octanol–water partition coefficient (Wildman–Crippen LogP) is 4.86. The highest BCUT2D eigenvalue weighted by Gasteiger charge is 2.06. The molecule has 27 heavy (non-hydrogen) atoms. The second kappa shape index (κ2) is 7.67. The first-order valence-electron chi connectivity index (χ1n) is 8.64. The van der Waals surface area contributed by atoms with Crippen LogP contribution in [-0.4, -0.2) is 12.6 Å². The van der Waals surface area contributed by atoms with Gasteiger partial charge in [0, 0.05) is 16.3 Å². The highest BCUT2D eigenvalue weighted by molar-refractivity contribution is 6.05. The molecule has 3 aromatic carbocycles. The van der Waals surface area contributed by atoms with Crippen molar-refractivity contribution in [2.45, 2.75) is 6.61 Å². The smallest absolute Gasteiger partial charge is 0.408 e. The zero-order valence-electron chi connectivity index (χ0n) is 14.6. The molecular weight excluding hydrogens is 338 g/mol. The summed E-state index contributed by atoms with van der Waals surface area (Å²) >= 11 is 0. The van der Waals surface area contributed by atoms with Crippen molar-refractivity contribution in [2.24, 2.45) is 0 Å². The number of hydrogen-bond acceptors (Lipinski definition) is 3. The number of ether oxygens (including phenoxy) is 1. The van der Waals surface area contributed by atoms with Gasteiger partial charge in [-0.25, -0.2) is 4.79 Å². The van der Waals surface area contributed by atoms with Gasteiger partial charge >= 0.3 is 6.09 Å². The SMILES string of the molecule is O=C(NCC#Cc1ccc2oc3ccccc3c2c1)OCc1ccccc1. The number of amides is 1. The van der Waals surface area contributed by atoms with E-state index in [4.69, 9.17) is 9.15 Å². The second-order valence-corrected chi connectivity index (χ2v) is 6.03. The molecular formula is C23H17NO3. The number of fused-ring (bicyclic) bond motifs is 3. The van der Waals surface area contributed by atoms with Crippen LogP contribution in [0.25, 0.3) is 21.9 Å². The Bertz CT molecular complexity index is 1150. The molecule has 0 radical (unpaired) electrons. The normalized spacial score (nSPS) is 10.4. The molecule has 1 amide bonds. The monoisotopic (exact) mass is 355 g/mol. The van der Waals surface area contributed by atoms with Crippen LogP contribution in [0.3, 0.4) is 0 Å². The topological polar surface area (TPSA) is 51.5 Å². The fourth-order valence-electron chi connectivity index (χ4n) is 2.84. The minimum Gasteiger partial charge on any atom is -0.456 e. The molecule has 4 rings (SSSR count). The average molecular weight is 355 g/mol. The Morgan fingerprint density at radius 3 is 2.59 bits per heavy atom. The average Bonchev–Trinajstić information content (AvgIpc) is 3.08. The summed E-state index contributed by atoms with van der Waals surface area (Å²) < 4.78 is 11.0. The van der Waals surface area contributed by atoms with Crippen molar-refractivity contribution in [2.75, 3.05) is 6.54 Å². The van der Waals surface area contributed by atoms with Gasteiger partial charge in [-0.15, -0.1) is 0 Å². The lowest BCUT2D eigenvalue weighted by Gasteiger charge is -2.04. The number of carbonyl (C=O) groups is 1. The molecule has 0 saturated heterocycles. The van der Waals surface area contributed by atoms with E-state index in [1.54, 1.807) is 0 Å². The maximum absolute atomic E-state index is 11.7. The number of rotatable bonds is 3. The summed E-state index contributed by atoms with van der Waals surface area (Å²) in [5.41, 5.74) is 3.51. The summed E-state index contributed by atoms with van der Waals surface area (Å²) in [5.74, 6) is 6.00. The third-order valence-electron chi connectivity index (χ3n) is 4.14. The maximum Gasteiger partial charge on any atom is 0.408 e. The summed E-state index contributed by atoms with van der Waals surface area (Å²) in [4.78, 5) is 11.7. The largest absolute Gasteiger partial charge is 0.456 e. The van der Waals surface area contributed by atoms with E-state index in [0.29, 0.717) is 0 Å². The van der Waals surface area contributed by atoms with Crippen LogP contribution < -0.4 is 5.32 Å². The van der Waals surface area contributed by atoms with E-state index in [2.05, 4.69) is 17.2 Å². The van der Waals surface area contributed by atoms with Crippen LogP contribution in [0.4, 0.5) is 4.79 Å². The minimum absolute atomic E-state index is 0.220. The van der Waals surface area contributed by atoms with Crippen molar-refractivity contribution in [3.8, 4) is 11.8 Å². The molecule has 0 bridgehead atoms. The molecule has 0 aliphatic carbocycles. The van der Waals surface area contributed by atoms with Gasteiger partial charge in [0.25, 0.3) is 0 Å². The molecule has 0 atom stereocenters. The molecule has 1 heterocycles. The Hall–Kier alpha value is -3.71. The van der Waals surface area contributed by atoms with Crippen molar-refractivity contribution in [3.05, 3.63) is 83.9 Å². The van der Waals surface area contributed by atoms with E-state index < -0.39 is 6.09 Å². The molecule has 132 valence electrons. The Morgan fingerprint density at radius 1 is 0.926 bits per heavy atom. The van der Waals surface area contributed by atoms with Gasteiger partial charge in [-0.3, -0.25) is 0 Å². The quantitative estimate of drug-likeness (QED) is 0.534. The number of para-hydroxylation sites is 1. The van der Waals surface area contributed by atoms with Crippen LogP contribution in [0, 0.1) is 11.8 Å². The van der Waals surface area contributed by atoms with Crippen molar-refractivity contribution >= 4 is 28.0 Å². The van der Waals surface area contributed by atoms with E-state index in [1.807, 2.05) is 72.8 Å². The molecule has 0 aliphatic rings. The third-order valence-corrected chi connectivity index (χ3v) is 4.14. The summed E-state index contributed by atoms with van der Waals surface area (Å²) in [6.45, 7) is 0.460. The number of alkyl carbamates (subject to hydrolysis) is 1. The first-order valence-corrected chi connectivity index (χ1v) is 8.64. The predicted molar refractivity (Wildman–Crippen MR) is 105 cm³/mol. The zero-order valence-corrected chi connectivity index (χ0v) is 14.6. The lowest BCUT2D eigenvalue weighted by molar-refractivity contribution is 0.141. The van der Waals surface area contributed by atoms with Gasteiger partial charge in [-0.05, 0) is 29.8 Å². The fourth-order valence-corrected chi connectivity index (χ4v) is 2.84. The maximum atomic E-state index is 11.7. The van der Waals surface area contributed by atoms with E-state index in [-0.39, 0.29) is 13.2 Å². The highest BCUT2D eigenvalue weighted by atomic mass is 16.5. The summed E-state index contributed by atoms with van der Waals surface area (Å²) in [6, 6.07) is 23.3. The van der Waals surface area contributed by atoms with Gasteiger partial charge in [0.05, 0.1) is 6.54 Å². The molecule has 0 unspecified atom stereocenters. The van der Waals surface area contributed by atoms with Crippen LogP contribution >= 0.6 is 0 Å². The van der Waals surface area contributed by atoms with E-state index in [9.17, 15) is 4.79 Å². The Morgan fingerprint density at radius 2 is 1.70 bits per heavy atom. The molecule has 4 heteroatoms. The molecule has 1 N–H and O–H groups in total. The first-order chi connectivity index (χ1) is 13.3. The molecule has 0 spiro atoms. The first kappa shape index (κ1) is 16.7. The number of hydrogen-bond donors (Lipinski definition) is 1. The van der Waals surface area contributed by atoms with Crippen LogP contribution in [-0.2, 0) is 11.3 Å². The third kappa shape index (κ3) is 3.94. The summed E-state index contributed by atoms with van der Waals surface area (Å²) in [7, 11) is 0. The molecule has 0 aliphatic heterocycles. The van der Waals surface area contributed by atoms with Gasteiger partial charge in [-0.1, -0.05) is 60.4 Å². The number of benzene rings is 3. The molecule has 0 fully saturated rings. The lowest BCUT2D eigenvalue weighted by atomic mass is 10.1. The van der Waals surface area contributed by atoms with Crippen molar-refractivity contribution in [1.82, 2.24) is 5.32 Å². The van der Waals surface area contributed by atoms with Gasteiger partial charge in [0.15, 0.2) is 0 Å². The second-order valence-electron chi connectivity index (χ2n) is 6.03. The van der Waals surface area contributed by atoms with Gasteiger partial charge in [0.2, 0.25) is 0 Å². The Kier molecular flexibility index (Phi) is 4.76. The van der Waals surface area contributed by atoms with Crippen molar-refractivity contribution < 1.29 is 13.9 Å². The molecule has 0 saturated carbocycles. The lowest BCUT2D eigenvalue weighted by Crippen LogP contribution is -2.24. The Balaban J connectivity index is 1.36. The van der Waals surface area contributed by atoms with E-state index >= 15 is 0 Å². The van der Waals surface area contributed by atoms with Gasteiger partial charge in [0.1, 0.15) is 17.8 Å². The summed E-state index contributed by atoms with van der Waals surface area (Å²) in [5, 5.41) is 4.73. The van der Waals surface area contributed by atoms with Crippen molar-refractivity contribution in [1.29, 1.82) is 0 Å². The minimum atomic E-state index is -0.482. The van der Waals surface area contributed by atoms with Crippen LogP contribution in [0.5, 0.6) is 0 Å². The summed E-state index contributed by atoms with van der Waals surface area (Å²) in [6.07, 6.45) is -0.482. The van der Waals surface area contributed by atoms with Crippen molar-refractivity contribution in [3.63, 3.8) is 0 Å². The van der Waals surface area contributed by atoms with Gasteiger partial charge < -0.3 is 14.5 Å². The van der Waals surface area contributed by atoms with Crippen LogP contribution in [0.15, 0.2) is 77.2 Å². The molecule has 1 aromatic heterocycles. The number of nitrogens with one attached hydrogen (secondary N) is 1. The molecule has 4 aromatic rings. The van der Waals surface area contributed by atoms with E-state index in [1.165, 1.54) is 0 Å². The number of furan rings is 1. The molecule has 4 nitrogen and oxygen atoms in total.